The van der Waals surface area contributed by atoms with Gasteiger partial charge < -0.3 is 19.9 Å². The van der Waals surface area contributed by atoms with Gasteiger partial charge >= 0.3 is 6.09 Å². The molecule has 5 nitrogen and oxygen atoms in total. The Balaban J connectivity index is 1.68. The zero-order valence-electron chi connectivity index (χ0n) is 9.89. The van der Waals surface area contributed by atoms with Crippen molar-refractivity contribution in [2.45, 2.75) is 25.0 Å². The molecule has 1 saturated heterocycles. The lowest BCUT2D eigenvalue weighted by molar-refractivity contribution is 0.104. The highest BCUT2D eigenvalue weighted by molar-refractivity contribution is 5.69. The average molecular weight is 249 g/mol. The normalized spacial score (nSPS) is 25.5. The molecule has 18 heavy (non-hydrogen) atoms. The van der Waals surface area contributed by atoms with Crippen LogP contribution in [0.25, 0.3) is 0 Å². The van der Waals surface area contributed by atoms with Crippen LogP contribution in [0.15, 0.2) is 18.2 Å². The molecule has 0 saturated carbocycles. The molecule has 0 spiro atoms. The number of aliphatic hydroxyl groups excluding tert-OH is 1. The van der Waals surface area contributed by atoms with E-state index in [0.717, 1.165) is 29.7 Å². The Morgan fingerprint density at radius 1 is 1.50 bits per heavy atom. The Morgan fingerprint density at radius 3 is 3.17 bits per heavy atom. The maximum Gasteiger partial charge on any atom is 0.407 e. The van der Waals surface area contributed by atoms with E-state index in [1.165, 1.54) is 0 Å². The van der Waals surface area contributed by atoms with Crippen LogP contribution in [-0.4, -0.2) is 30.5 Å². The summed E-state index contributed by atoms with van der Waals surface area (Å²) in [5.74, 6) is 0.784. The van der Waals surface area contributed by atoms with E-state index in [1.807, 2.05) is 18.2 Å². The third kappa shape index (κ3) is 2.01. The maximum absolute atomic E-state index is 10.9. The molecular weight excluding hydrogens is 234 g/mol. The first-order valence-corrected chi connectivity index (χ1v) is 6.11. The molecule has 1 heterocycles. The number of carbonyl (C=O) groups excluding carboxylic acids is 1. The molecular formula is C13H15NO4. The van der Waals surface area contributed by atoms with Crippen LogP contribution in [0.4, 0.5) is 4.79 Å². The number of ether oxygens (including phenoxy) is 2. The largest absolute Gasteiger partial charge is 0.489 e. The number of nitrogens with one attached hydrogen (secondary N) is 1. The summed E-state index contributed by atoms with van der Waals surface area (Å²) in [5, 5.41) is 12.4. The van der Waals surface area contributed by atoms with Gasteiger partial charge in [-0.2, -0.15) is 0 Å². The van der Waals surface area contributed by atoms with E-state index in [2.05, 4.69) is 5.32 Å². The molecule has 2 atom stereocenters. The van der Waals surface area contributed by atoms with Crippen molar-refractivity contribution in [1.29, 1.82) is 0 Å². The molecule has 0 aromatic heterocycles. The number of hydrogen-bond donors (Lipinski definition) is 2. The summed E-state index contributed by atoms with van der Waals surface area (Å²) in [6.07, 6.45) is 0.567. The van der Waals surface area contributed by atoms with Crippen LogP contribution >= 0.6 is 0 Å². The van der Waals surface area contributed by atoms with Crippen molar-refractivity contribution in [3.63, 3.8) is 0 Å². The SMILES string of the molecule is O=C1NCC(COc2cccc3c2CCC3O)O1. The zero-order valence-corrected chi connectivity index (χ0v) is 9.89. The summed E-state index contributed by atoms with van der Waals surface area (Å²) in [5.41, 5.74) is 2.02. The van der Waals surface area contributed by atoms with Gasteiger partial charge in [-0.05, 0) is 24.5 Å². The van der Waals surface area contributed by atoms with E-state index in [9.17, 15) is 9.90 Å². The van der Waals surface area contributed by atoms with Crippen molar-refractivity contribution in [2.24, 2.45) is 0 Å². The molecule has 0 radical (unpaired) electrons. The zero-order chi connectivity index (χ0) is 12.5. The highest BCUT2D eigenvalue weighted by Gasteiger charge is 2.26. The van der Waals surface area contributed by atoms with Crippen molar-refractivity contribution < 1.29 is 19.4 Å². The molecule has 0 bridgehead atoms. The smallest absolute Gasteiger partial charge is 0.407 e. The lowest BCUT2D eigenvalue weighted by Gasteiger charge is -2.13. The third-order valence-electron chi connectivity index (χ3n) is 3.37. The van der Waals surface area contributed by atoms with Crippen molar-refractivity contribution in [2.75, 3.05) is 13.2 Å². The topological polar surface area (TPSA) is 67.8 Å². The molecule has 2 aliphatic rings. The standard InChI is InChI=1S/C13H15NO4/c15-11-5-4-10-9(11)2-1-3-12(10)17-7-8-6-14-13(16)18-8/h1-3,8,11,15H,4-7H2,(H,14,16). The van der Waals surface area contributed by atoms with Crippen LogP contribution in [0.5, 0.6) is 5.75 Å². The van der Waals surface area contributed by atoms with E-state index in [1.54, 1.807) is 0 Å². The van der Waals surface area contributed by atoms with E-state index < -0.39 is 6.09 Å². The Hall–Kier alpha value is -1.75. The first-order chi connectivity index (χ1) is 8.74. The molecule has 1 aromatic carbocycles. The quantitative estimate of drug-likeness (QED) is 0.843. The number of alkyl carbamates (subject to hydrolysis) is 1. The molecule has 2 N–H and O–H groups in total. The number of hydrogen-bond acceptors (Lipinski definition) is 4. The second-order valence-electron chi connectivity index (χ2n) is 4.60. The summed E-state index contributed by atoms with van der Waals surface area (Å²) < 4.78 is 10.7. The number of rotatable bonds is 3. The van der Waals surface area contributed by atoms with Gasteiger partial charge in [-0.25, -0.2) is 4.79 Å². The first kappa shape index (κ1) is 11.3. The van der Waals surface area contributed by atoms with Crippen LogP contribution < -0.4 is 10.1 Å². The summed E-state index contributed by atoms with van der Waals surface area (Å²) in [7, 11) is 0. The van der Waals surface area contributed by atoms with Crippen LogP contribution in [0.2, 0.25) is 0 Å². The molecule has 5 heteroatoms. The van der Waals surface area contributed by atoms with Gasteiger partial charge in [-0.3, -0.25) is 0 Å². The minimum atomic E-state index is -0.391. The van der Waals surface area contributed by atoms with E-state index >= 15 is 0 Å². The van der Waals surface area contributed by atoms with Crippen LogP contribution in [0.1, 0.15) is 23.7 Å². The molecule has 1 aromatic rings. The summed E-state index contributed by atoms with van der Waals surface area (Å²) in [4.78, 5) is 10.9. The monoisotopic (exact) mass is 249 g/mol. The summed E-state index contributed by atoms with van der Waals surface area (Å²) in [6, 6.07) is 5.69. The number of benzene rings is 1. The predicted molar refractivity (Wildman–Crippen MR) is 63.5 cm³/mol. The third-order valence-corrected chi connectivity index (χ3v) is 3.37. The van der Waals surface area contributed by atoms with Gasteiger partial charge in [0.05, 0.1) is 12.6 Å². The van der Waals surface area contributed by atoms with E-state index in [-0.39, 0.29) is 12.2 Å². The highest BCUT2D eigenvalue weighted by Crippen LogP contribution is 2.36. The molecule has 1 amide bonds. The minimum absolute atomic E-state index is 0.236. The lowest BCUT2D eigenvalue weighted by Crippen LogP contribution is -2.22. The Kier molecular flexibility index (Phi) is 2.83. The van der Waals surface area contributed by atoms with Gasteiger partial charge in [0.15, 0.2) is 6.10 Å². The van der Waals surface area contributed by atoms with Crippen LogP contribution in [0.3, 0.4) is 0 Å². The van der Waals surface area contributed by atoms with Gasteiger partial charge in [0, 0.05) is 5.56 Å². The first-order valence-electron chi connectivity index (χ1n) is 6.11. The van der Waals surface area contributed by atoms with E-state index in [4.69, 9.17) is 9.47 Å². The molecule has 2 unspecified atom stereocenters. The number of aliphatic hydroxyl groups is 1. The van der Waals surface area contributed by atoms with Crippen LogP contribution in [0, 0.1) is 0 Å². The fraction of sp³-hybridized carbons (Fsp3) is 0.462. The number of amides is 1. The second-order valence-corrected chi connectivity index (χ2v) is 4.60. The lowest BCUT2D eigenvalue weighted by atomic mass is 10.1. The van der Waals surface area contributed by atoms with Crippen molar-refractivity contribution in [3.05, 3.63) is 29.3 Å². The average Bonchev–Trinajstić information content (AvgIpc) is 2.94. The van der Waals surface area contributed by atoms with Gasteiger partial charge in [-0.1, -0.05) is 12.1 Å². The molecule has 3 rings (SSSR count). The van der Waals surface area contributed by atoms with Crippen LogP contribution in [-0.2, 0) is 11.2 Å². The Labute approximate surface area is 105 Å². The molecule has 96 valence electrons. The van der Waals surface area contributed by atoms with Gasteiger partial charge in [0.2, 0.25) is 0 Å². The highest BCUT2D eigenvalue weighted by atomic mass is 16.6. The fourth-order valence-corrected chi connectivity index (χ4v) is 2.44. The summed E-state index contributed by atoms with van der Waals surface area (Å²) >= 11 is 0. The number of fused-ring (bicyclic) bond motifs is 1. The molecule has 1 aliphatic carbocycles. The Morgan fingerprint density at radius 2 is 2.39 bits per heavy atom. The van der Waals surface area contributed by atoms with Crippen molar-refractivity contribution in [3.8, 4) is 5.75 Å². The Bertz CT molecular complexity index is 474. The second kappa shape index (κ2) is 4.49. The predicted octanol–water partition coefficient (Wildman–Crippen LogP) is 1.15. The van der Waals surface area contributed by atoms with Gasteiger partial charge in [0.25, 0.3) is 0 Å². The van der Waals surface area contributed by atoms with E-state index in [0.29, 0.717) is 13.2 Å². The van der Waals surface area contributed by atoms with Crippen molar-refractivity contribution in [1.82, 2.24) is 5.32 Å². The molecule has 1 fully saturated rings. The van der Waals surface area contributed by atoms with Gasteiger partial charge in [-0.15, -0.1) is 0 Å². The molecule has 1 aliphatic heterocycles. The fourth-order valence-electron chi connectivity index (χ4n) is 2.44. The van der Waals surface area contributed by atoms with Crippen molar-refractivity contribution >= 4 is 6.09 Å². The summed E-state index contributed by atoms with van der Waals surface area (Å²) in [6.45, 7) is 0.821. The maximum atomic E-state index is 10.9. The minimum Gasteiger partial charge on any atom is -0.489 e. The number of carbonyl (C=O) groups is 1. The van der Waals surface area contributed by atoms with Gasteiger partial charge in [0.1, 0.15) is 12.4 Å². The number of cyclic esters (lactones) is 1.